The molecule has 1 aliphatic heterocycles. The lowest BCUT2D eigenvalue weighted by molar-refractivity contribution is 0.118. The van der Waals surface area contributed by atoms with Gasteiger partial charge in [0, 0.05) is 42.1 Å². The molecule has 0 spiro atoms. The van der Waals surface area contributed by atoms with E-state index in [2.05, 4.69) is 22.0 Å². The van der Waals surface area contributed by atoms with Gasteiger partial charge in [0.2, 0.25) is 11.7 Å². The second-order valence-electron chi connectivity index (χ2n) is 6.70. The Kier molecular flexibility index (Phi) is 5.54. The van der Waals surface area contributed by atoms with Crippen LogP contribution in [0.4, 0.5) is 0 Å². The summed E-state index contributed by atoms with van der Waals surface area (Å²) in [6.45, 7) is 5.32. The molecule has 1 atom stereocenters. The minimum atomic E-state index is 0.0814. The number of aliphatic hydroxyl groups is 1. The Morgan fingerprint density at radius 3 is 2.83 bits per heavy atom. The number of nitrogens with zero attached hydrogens (tertiary/aromatic N) is 3. The number of aliphatic hydroxyl groups excluding tert-OH is 1. The summed E-state index contributed by atoms with van der Waals surface area (Å²) in [4.78, 5) is 6.85. The van der Waals surface area contributed by atoms with Crippen molar-refractivity contribution in [3.8, 4) is 11.4 Å². The maximum Gasteiger partial charge on any atom is 0.228 e. The third kappa shape index (κ3) is 3.97. The Balaban J connectivity index is 1.55. The fourth-order valence-corrected chi connectivity index (χ4v) is 3.61. The molecule has 24 heavy (non-hydrogen) atoms. The number of halogens is 1. The molecule has 1 aliphatic rings. The summed E-state index contributed by atoms with van der Waals surface area (Å²) >= 11 is 5.90. The smallest absolute Gasteiger partial charge is 0.228 e. The van der Waals surface area contributed by atoms with Crippen LogP contribution in [0.1, 0.15) is 32.1 Å². The predicted molar refractivity (Wildman–Crippen MR) is 93.9 cm³/mol. The maximum absolute atomic E-state index is 9.72. The van der Waals surface area contributed by atoms with E-state index in [0.717, 1.165) is 50.9 Å². The normalized spacial score (nSPS) is 21.5. The second-order valence-corrected chi connectivity index (χ2v) is 7.14. The third-order valence-electron chi connectivity index (χ3n) is 4.85. The average Bonchev–Trinajstić information content (AvgIpc) is 3.22. The molecule has 1 saturated heterocycles. The second kappa shape index (κ2) is 7.64. The van der Waals surface area contributed by atoms with Crippen molar-refractivity contribution in [1.29, 1.82) is 0 Å². The van der Waals surface area contributed by atoms with Gasteiger partial charge in [0.1, 0.15) is 0 Å². The summed E-state index contributed by atoms with van der Waals surface area (Å²) in [7, 11) is 0. The van der Waals surface area contributed by atoms with Gasteiger partial charge >= 0.3 is 0 Å². The SMILES string of the molecule is CCCC1(CO)CCN(CCc2nc(-c3ccc(Cl)cc3)no2)C1. The first kappa shape index (κ1) is 17.4. The molecule has 0 aliphatic carbocycles. The summed E-state index contributed by atoms with van der Waals surface area (Å²) in [5, 5.41) is 14.5. The molecule has 0 amide bonds. The van der Waals surface area contributed by atoms with E-state index in [9.17, 15) is 5.11 Å². The molecule has 0 saturated carbocycles. The Labute approximate surface area is 147 Å². The van der Waals surface area contributed by atoms with E-state index < -0.39 is 0 Å². The molecule has 3 rings (SSSR count). The van der Waals surface area contributed by atoms with Crippen molar-refractivity contribution in [2.24, 2.45) is 5.41 Å². The standard InChI is InChI=1S/C18H24ClN3O2/c1-2-8-18(13-23)9-11-22(12-18)10-7-16-20-17(21-24-16)14-3-5-15(19)6-4-14/h3-6,23H,2,7-13H2,1H3. The van der Waals surface area contributed by atoms with Crippen molar-refractivity contribution >= 4 is 11.6 Å². The van der Waals surface area contributed by atoms with Crippen LogP contribution in [0, 0.1) is 5.41 Å². The van der Waals surface area contributed by atoms with Crippen molar-refractivity contribution in [2.75, 3.05) is 26.2 Å². The van der Waals surface area contributed by atoms with Crippen LogP contribution in [0.2, 0.25) is 5.02 Å². The van der Waals surface area contributed by atoms with Crippen LogP contribution in [0.3, 0.4) is 0 Å². The summed E-state index contributed by atoms with van der Waals surface area (Å²) in [6.07, 6.45) is 4.00. The van der Waals surface area contributed by atoms with Gasteiger partial charge in [0.25, 0.3) is 0 Å². The molecule has 130 valence electrons. The highest BCUT2D eigenvalue weighted by molar-refractivity contribution is 6.30. The van der Waals surface area contributed by atoms with Gasteiger partial charge in [-0.15, -0.1) is 0 Å². The zero-order chi connectivity index (χ0) is 17.0. The summed E-state index contributed by atoms with van der Waals surface area (Å²) in [5.41, 5.74) is 0.982. The monoisotopic (exact) mass is 349 g/mol. The van der Waals surface area contributed by atoms with E-state index in [4.69, 9.17) is 16.1 Å². The molecule has 1 N–H and O–H groups in total. The first-order valence-corrected chi connectivity index (χ1v) is 8.94. The van der Waals surface area contributed by atoms with Gasteiger partial charge in [0.15, 0.2) is 0 Å². The molecule has 2 aromatic rings. The first-order valence-electron chi connectivity index (χ1n) is 8.56. The number of likely N-dealkylation sites (tertiary alicyclic amines) is 1. The van der Waals surface area contributed by atoms with E-state index >= 15 is 0 Å². The lowest BCUT2D eigenvalue weighted by Gasteiger charge is -2.26. The molecule has 0 bridgehead atoms. The molecule has 1 unspecified atom stereocenters. The highest BCUT2D eigenvalue weighted by Crippen LogP contribution is 2.34. The number of hydrogen-bond donors (Lipinski definition) is 1. The van der Waals surface area contributed by atoms with Crippen molar-refractivity contribution in [2.45, 2.75) is 32.6 Å². The lowest BCUT2D eigenvalue weighted by Crippen LogP contribution is -2.31. The maximum atomic E-state index is 9.72. The Morgan fingerprint density at radius 2 is 2.12 bits per heavy atom. The molecule has 5 nitrogen and oxygen atoms in total. The molecule has 1 aromatic carbocycles. The van der Waals surface area contributed by atoms with Crippen LogP contribution in [-0.2, 0) is 6.42 Å². The summed E-state index contributed by atoms with van der Waals surface area (Å²) < 4.78 is 5.36. The van der Waals surface area contributed by atoms with E-state index in [1.165, 1.54) is 0 Å². The van der Waals surface area contributed by atoms with Crippen molar-refractivity contribution in [1.82, 2.24) is 15.0 Å². The Hall–Kier alpha value is -1.43. The van der Waals surface area contributed by atoms with Crippen LogP contribution in [0.25, 0.3) is 11.4 Å². The zero-order valence-electron chi connectivity index (χ0n) is 14.0. The molecule has 6 heteroatoms. The summed E-state index contributed by atoms with van der Waals surface area (Å²) in [6, 6.07) is 7.41. The molecule has 1 fully saturated rings. The molecule has 0 radical (unpaired) electrons. The Bertz CT molecular complexity index is 659. The van der Waals surface area contributed by atoms with Crippen molar-refractivity contribution in [3.05, 3.63) is 35.2 Å². The largest absolute Gasteiger partial charge is 0.396 e. The lowest BCUT2D eigenvalue weighted by atomic mass is 9.83. The highest BCUT2D eigenvalue weighted by Gasteiger charge is 2.36. The van der Waals surface area contributed by atoms with Crippen LogP contribution < -0.4 is 0 Å². The minimum absolute atomic E-state index is 0.0814. The van der Waals surface area contributed by atoms with E-state index in [-0.39, 0.29) is 12.0 Å². The number of hydrogen-bond acceptors (Lipinski definition) is 5. The van der Waals surface area contributed by atoms with Crippen LogP contribution >= 0.6 is 11.6 Å². The van der Waals surface area contributed by atoms with Gasteiger partial charge in [-0.2, -0.15) is 4.98 Å². The predicted octanol–water partition coefficient (Wildman–Crippen LogP) is 3.42. The van der Waals surface area contributed by atoms with Gasteiger partial charge in [-0.3, -0.25) is 0 Å². The van der Waals surface area contributed by atoms with Crippen molar-refractivity contribution < 1.29 is 9.63 Å². The van der Waals surface area contributed by atoms with Gasteiger partial charge in [0.05, 0.1) is 0 Å². The molecular formula is C18H24ClN3O2. The molecule has 2 heterocycles. The zero-order valence-corrected chi connectivity index (χ0v) is 14.8. The van der Waals surface area contributed by atoms with E-state index in [1.54, 1.807) is 0 Å². The Morgan fingerprint density at radius 1 is 1.33 bits per heavy atom. The first-order chi connectivity index (χ1) is 11.6. The quantitative estimate of drug-likeness (QED) is 0.829. The van der Waals surface area contributed by atoms with Crippen LogP contribution in [-0.4, -0.2) is 46.4 Å². The van der Waals surface area contributed by atoms with Gasteiger partial charge < -0.3 is 14.5 Å². The fourth-order valence-electron chi connectivity index (χ4n) is 3.49. The average molecular weight is 350 g/mol. The van der Waals surface area contributed by atoms with Gasteiger partial charge in [-0.1, -0.05) is 30.1 Å². The molecule has 1 aromatic heterocycles. The fraction of sp³-hybridized carbons (Fsp3) is 0.556. The third-order valence-corrected chi connectivity index (χ3v) is 5.10. The number of benzene rings is 1. The van der Waals surface area contributed by atoms with Gasteiger partial charge in [-0.05, 0) is 43.7 Å². The van der Waals surface area contributed by atoms with Crippen molar-refractivity contribution in [3.63, 3.8) is 0 Å². The highest BCUT2D eigenvalue weighted by atomic mass is 35.5. The topological polar surface area (TPSA) is 62.4 Å². The number of rotatable bonds is 7. The minimum Gasteiger partial charge on any atom is -0.396 e. The van der Waals surface area contributed by atoms with E-state index in [0.29, 0.717) is 16.7 Å². The summed E-state index contributed by atoms with van der Waals surface area (Å²) in [5.74, 6) is 1.25. The van der Waals surface area contributed by atoms with E-state index in [1.807, 2.05) is 24.3 Å². The van der Waals surface area contributed by atoms with Gasteiger partial charge in [-0.25, -0.2) is 0 Å². The number of aromatic nitrogens is 2. The van der Waals surface area contributed by atoms with Crippen LogP contribution in [0.15, 0.2) is 28.8 Å². The van der Waals surface area contributed by atoms with Crippen LogP contribution in [0.5, 0.6) is 0 Å². The molecular weight excluding hydrogens is 326 g/mol.